The fraction of sp³-hybridized carbons (Fsp3) is 0.391. The third-order valence-electron chi connectivity index (χ3n) is 4.39. The molecule has 0 unspecified atom stereocenters. The molecule has 1 amide bonds. The minimum absolute atomic E-state index is 0.335. The van der Waals surface area contributed by atoms with Gasteiger partial charge in [-0.25, -0.2) is 4.79 Å². The number of hydrogen-bond donors (Lipinski definition) is 1. The first kappa shape index (κ1) is 23.9. The van der Waals surface area contributed by atoms with Crippen molar-refractivity contribution in [3.05, 3.63) is 42.0 Å². The molecule has 2 rings (SSSR count). The Labute approximate surface area is 182 Å². The lowest BCUT2D eigenvalue weighted by atomic mass is 10.2. The van der Waals surface area contributed by atoms with E-state index in [1.54, 1.807) is 36.4 Å². The third-order valence-corrected chi connectivity index (χ3v) is 4.39. The molecular weight excluding hydrogens is 402 g/mol. The fourth-order valence-electron chi connectivity index (χ4n) is 2.79. The van der Waals surface area contributed by atoms with E-state index in [0.717, 1.165) is 19.3 Å². The molecule has 0 aliphatic rings. The zero-order valence-electron chi connectivity index (χ0n) is 18.4. The first-order valence-electron chi connectivity index (χ1n) is 10.0. The molecule has 0 radical (unpaired) electrons. The summed E-state index contributed by atoms with van der Waals surface area (Å²) in [6.07, 6.45) is 3.23. The molecule has 1 N–H and O–H groups in total. The van der Waals surface area contributed by atoms with Crippen LogP contribution in [0.15, 0.2) is 36.4 Å². The standard InChI is InChI=1S/C23H29NO7/c1-5-6-7-12-30-18-10-8-16(9-11-18)23(26)31-15-21(25)24-17-13-19(27-2)22(29-4)20(14-17)28-3/h8-11,13-14H,5-7,12,15H2,1-4H3,(H,24,25). The van der Waals surface area contributed by atoms with Crippen molar-refractivity contribution in [2.75, 3.05) is 39.9 Å². The highest BCUT2D eigenvalue weighted by atomic mass is 16.5. The van der Waals surface area contributed by atoms with Gasteiger partial charge in [0.15, 0.2) is 18.1 Å². The van der Waals surface area contributed by atoms with E-state index >= 15 is 0 Å². The van der Waals surface area contributed by atoms with E-state index in [2.05, 4.69) is 12.2 Å². The maximum absolute atomic E-state index is 12.2. The molecule has 0 saturated heterocycles. The highest BCUT2D eigenvalue weighted by Gasteiger charge is 2.16. The number of benzene rings is 2. The lowest BCUT2D eigenvalue weighted by Gasteiger charge is -2.14. The molecule has 0 bridgehead atoms. The van der Waals surface area contributed by atoms with Crippen LogP contribution in [0.3, 0.4) is 0 Å². The largest absolute Gasteiger partial charge is 0.494 e. The van der Waals surface area contributed by atoms with Crippen molar-refractivity contribution < 1.29 is 33.3 Å². The Kier molecular flexibility index (Phi) is 9.48. The highest BCUT2D eigenvalue weighted by Crippen LogP contribution is 2.39. The number of methoxy groups -OCH3 is 3. The molecule has 168 valence electrons. The summed E-state index contributed by atoms with van der Waals surface area (Å²) in [4.78, 5) is 24.4. The third kappa shape index (κ3) is 7.09. The molecule has 2 aromatic carbocycles. The Morgan fingerprint density at radius 2 is 1.55 bits per heavy atom. The molecule has 8 heteroatoms. The minimum atomic E-state index is -0.599. The Balaban J connectivity index is 1.89. The van der Waals surface area contributed by atoms with Gasteiger partial charge in [0.25, 0.3) is 5.91 Å². The molecule has 0 spiro atoms. The number of carbonyl (C=O) groups excluding carboxylic acids is 2. The molecule has 0 aliphatic carbocycles. The first-order valence-corrected chi connectivity index (χ1v) is 10.0. The van der Waals surface area contributed by atoms with Gasteiger partial charge >= 0.3 is 5.97 Å². The van der Waals surface area contributed by atoms with Gasteiger partial charge in [0.2, 0.25) is 5.75 Å². The molecule has 0 atom stereocenters. The minimum Gasteiger partial charge on any atom is -0.494 e. The van der Waals surface area contributed by atoms with Crippen LogP contribution in [0.25, 0.3) is 0 Å². The van der Waals surface area contributed by atoms with Gasteiger partial charge in [-0.2, -0.15) is 0 Å². The lowest BCUT2D eigenvalue weighted by Crippen LogP contribution is -2.21. The van der Waals surface area contributed by atoms with Gasteiger partial charge in [-0.3, -0.25) is 4.79 Å². The molecule has 0 heterocycles. The average molecular weight is 431 g/mol. The predicted molar refractivity (Wildman–Crippen MR) is 116 cm³/mol. The quantitative estimate of drug-likeness (QED) is 0.400. The molecule has 0 aliphatic heterocycles. The summed E-state index contributed by atoms with van der Waals surface area (Å²) < 4.78 is 26.5. The van der Waals surface area contributed by atoms with Crippen LogP contribution in [0.2, 0.25) is 0 Å². The summed E-state index contributed by atoms with van der Waals surface area (Å²) in [7, 11) is 4.45. The summed E-state index contributed by atoms with van der Waals surface area (Å²) in [5.41, 5.74) is 0.751. The second kappa shape index (κ2) is 12.3. The average Bonchev–Trinajstić information content (AvgIpc) is 2.80. The Morgan fingerprint density at radius 3 is 2.10 bits per heavy atom. The van der Waals surface area contributed by atoms with Crippen molar-refractivity contribution in [2.24, 2.45) is 0 Å². The van der Waals surface area contributed by atoms with Crippen LogP contribution in [0, 0.1) is 0 Å². The zero-order valence-corrected chi connectivity index (χ0v) is 18.4. The summed E-state index contributed by atoms with van der Waals surface area (Å²) in [5, 5.41) is 2.64. The first-order chi connectivity index (χ1) is 15.0. The van der Waals surface area contributed by atoms with E-state index in [9.17, 15) is 9.59 Å². The number of amides is 1. The molecule has 0 saturated carbocycles. The zero-order chi connectivity index (χ0) is 22.6. The van der Waals surface area contributed by atoms with Crippen molar-refractivity contribution in [3.8, 4) is 23.0 Å². The van der Waals surface area contributed by atoms with Gasteiger partial charge in [-0.1, -0.05) is 19.8 Å². The van der Waals surface area contributed by atoms with E-state index in [-0.39, 0.29) is 0 Å². The van der Waals surface area contributed by atoms with Gasteiger partial charge in [-0.15, -0.1) is 0 Å². The summed E-state index contributed by atoms with van der Waals surface area (Å²) in [6.45, 7) is 2.33. The van der Waals surface area contributed by atoms with Crippen LogP contribution in [0.5, 0.6) is 23.0 Å². The van der Waals surface area contributed by atoms with Crippen LogP contribution < -0.4 is 24.3 Å². The van der Waals surface area contributed by atoms with Crippen molar-refractivity contribution in [3.63, 3.8) is 0 Å². The van der Waals surface area contributed by atoms with Gasteiger partial charge < -0.3 is 29.0 Å². The lowest BCUT2D eigenvalue weighted by molar-refractivity contribution is -0.119. The number of anilines is 1. The van der Waals surface area contributed by atoms with Gasteiger partial charge in [0, 0.05) is 17.8 Å². The molecule has 0 aromatic heterocycles. The van der Waals surface area contributed by atoms with E-state index in [0.29, 0.717) is 40.9 Å². The summed E-state index contributed by atoms with van der Waals surface area (Å²) >= 11 is 0. The molecule has 31 heavy (non-hydrogen) atoms. The maximum atomic E-state index is 12.2. The number of nitrogens with one attached hydrogen (secondary N) is 1. The molecule has 0 fully saturated rings. The summed E-state index contributed by atoms with van der Waals surface area (Å²) in [5.74, 6) is 0.786. The SMILES string of the molecule is CCCCCOc1ccc(C(=O)OCC(=O)Nc2cc(OC)c(OC)c(OC)c2)cc1. The number of ether oxygens (including phenoxy) is 5. The Hall–Kier alpha value is -3.42. The Morgan fingerprint density at radius 1 is 0.903 bits per heavy atom. The van der Waals surface area contributed by atoms with Crippen LogP contribution in [0.1, 0.15) is 36.5 Å². The second-order valence-corrected chi connectivity index (χ2v) is 6.62. The fourth-order valence-corrected chi connectivity index (χ4v) is 2.79. The molecule has 2 aromatic rings. The van der Waals surface area contributed by atoms with Crippen molar-refractivity contribution >= 4 is 17.6 Å². The van der Waals surface area contributed by atoms with E-state index in [1.165, 1.54) is 21.3 Å². The predicted octanol–water partition coefficient (Wildman–Crippen LogP) is 4.08. The maximum Gasteiger partial charge on any atom is 0.338 e. The topological polar surface area (TPSA) is 92.3 Å². The number of esters is 1. The van der Waals surface area contributed by atoms with Crippen LogP contribution in [-0.2, 0) is 9.53 Å². The normalized spacial score (nSPS) is 10.2. The highest BCUT2D eigenvalue weighted by molar-refractivity contribution is 5.96. The van der Waals surface area contributed by atoms with Crippen molar-refractivity contribution in [2.45, 2.75) is 26.2 Å². The van der Waals surface area contributed by atoms with Gasteiger partial charge in [0.05, 0.1) is 33.5 Å². The van der Waals surface area contributed by atoms with E-state index in [1.807, 2.05) is 0 Å². The van der Waals surface area contributed by atoms with Crippen LogP contribution in [0.4, 0.5) is 5.69 Å². The van der Waals surface area contributed by atoms with Crippen LogP contribution >= 0.6 is 0 Å². The number of carbonyl (C=O) groups is 2. The molecular formula is C23H29NO7. The van der Waals surface area contributed by atoms with Crippen molar-refractivity contribution in [1.29, 1.82) is 0 Å². The van der Waals surface area contributed by atoms with Gasteiger partial charge in [-0.05, 0) is 30.7 Å². The van der Waals surface area contributed by atoms with Crippen molar-refractivity contribution in [1.82, 2.24) is 0 Å². The molecule has 8 nitrogen and oxygen atoms in total. The number of unbranched alkanes of at least 4 members (excludes halogenated alkanes) is 2. The monoisotopic (exact) mass is 431 g/mol. The number of rotatable bonds is 12. The number of hydrogen-bond acceptors (Lipinski definition) is 7. The van der Waals surface area contributed by atoms with Gasteiger partial charge in [0.1, 0.15) is 5.75 Å². The summed E-state index contributed by atoms with van der Waals surface area (Å²) in [6, 6.07) is 9.79. The second-order valence-electron chi connectivity index (χ2n) is 6.62. The van der Waals surface area contributed by atoms with E-state index < -0.39 is 18.5 Å². The Bertz CT molecular complexity index is 840. The smallest absolute Gasteiger partial charge is 0.338 e. The van der Waals surface area contributed by atoms with Crippen LogP contribution in [-0.4, -0.2) is 46.4 Å². The van der Waals surface area contributed by atoms with E-state index in [4.69, 9.17) is 23.7 Å².